The maximum absolute atomic E-state index is 11.7. The van der Waals surface area contributed by atoms with Gasteiger partial charge >= 0.3 is 6.09 Å². The Balaban J connectivity index is 1.86. The molecule has 0 aliphatic heterocycles. The van der Waals surface area contributed by atoms with Gasteiger partial charge in [0.2, 0.25) is 0 Å². The van der Waals surface area contributed by atoms with E-state index in [1.54, 1.807) is 0 Å². The van der Waals surface area contributed by atoms with Crippen LogP contribution >= 0.6 is 0 Å². The second kappa shape index (κ2) is 6.48. The zero-order valence-corrected chi connectivity index (χ0v) is 13.2. The predicted octanol–water partition coefficient (Wildman–Crippen LogP) is 2.50. The third-order valence-corrected chi connectivity index (χ3v) is 3.96. The highest BCUT2D eigenvalue weighted by Gasteiger charge is 2.28. The second-order valence-corrected chi connectivity index (χ2v) is 6.82. The van der Waals surface area contributed by atoms with E-state index >= 15 is 0 Å². The molecule has 21 heavy (non-hydrogen) atoms. The smallest absolute Gasteiger partial charge is 0.407 e. The van der Waals surface area contributed by atoms with E-state index in [1.807, 2.05) is 20.8 Å². The first-order valence-electron chi connectivity index (χ1n) is 7.62. The largest absolute Gasteiger partial charge is 0.444 e. The van der Waals surface area contributed by atoms with Crippen LogP contribution in [0.2, 0.25) is 0 Å². The summed E-state index contributed by atoms with van der Waals surface area (Å²) in [7, 11) is 0. The van der Waals surface area contributed by atoms with Crippen LogP contribution in [0, 0.1) is 11.8 Å². The Hall–Kier alpha value is -1.55. The molecule has 1 aliphatic rings. The molecule has 4 heteroatoms. The predicted molar refractivity (Wildman–Crippen MR) is 84.1 cm³/mol. The van der Waals surface area contributed by atoms with Gasteiger partial charge < -0.3 is 15.8 Å². The average Bonchev–Trinajstić information content (AvgIpc) is 2.80. The lowest BCUT2D eigenvalue weighted by atomic mass is 9.89. The molecule has 0 saturated carbocycles. The maximum Gasteiger partial charge on any atom is 0.407 e. The number of fused-ring (bicyclic) bond motifs is 1. The van der Waals surface area contributed by atoms with Crippen molar-refractivity contribution < 1.29 is 9.53 Å². The molecule has 3 N–H and O–H groups in total. The van der Waals surface area contributed by atoms with Crippen molar-refractivity contribution in [3.63, 3.8) is 0 Å². The molecule has 1 aromatic carbocycles. The summed E-state index contributed by atoms with van der Waals surface area (Å²) in [4.78, 5) is 11.7. The number of nitrogens with one attached hydrogen (secondary N) is 1. The molecule has 0 aromatic heterocycles. The lowest BCUT2D eigenvalue weighted by Crippen LogP contribution is -2.39. The fourth-order valence-electron chi connectivity index (χ4n) is 2.90. The first-order chi connectivity index (χ1) is 9.89. The van der Waals surface area contributed by atoms with E-state index in [9.17, 15) is 4.79 Å². The third-order valence-electron chi connectivity index (χ3n) is 3.96. The van der Waals surface area contributed by atoms with E-state index < -0.39 is 5.60 Å². The summed E-state index contributed by atoms with van der Waals surface area (Å²) in [6, 6.07) is 8.53. The van der Waals surface area contributed by atoms with Gasteiger partial charge in [0, 0.05) is 6.54 Å². The molecule has 0 radical (unpaired) electrons. The molecule has 1 aromatic rings. The molecule has 1 atom stereocenters. The number of benzene rings is 1. The molecular weight excluding hydrogens is 264 g/mol. The van der Waals surface area contributed by atoms with Crippen LogP contribution in [0.25, 0.3) is 0 Å². The van der Waals surface area contributed by atoms with Crippen LogP contribution in [0.3, 0.4) is 0 Å². The minimum absolute atomic E-state index is 0.282. The number of hydrogen-bond donors (Lipinski definition) is 2. The van der Waals surface area contributed by atoms with E-state index in [0.717, 1.165) is 12.8 Å². The number of nitrogens with two attached hydrogens (primary N) is 1. The van der Waals surface area contributed by atoms with Crippen molar-refractivity contribution in [1.82, 2.24) is 5.32 Å². The van der Waals surface area contributed by atoms with Crippen molar-refractivity contribution >= 4 is 6.09 Å². The van der Waals surface area contributed by atoms with Gasteiger partial charge in [-0.15, -0.1) is 0 Å². The molecule has 1 aliphatic carbocycles. The van der Waals surface area contributed by atoms with Crippen LogP contribution in [0.5, 0.6) is 0 Å². The van der Waals surface area contributed by atoms with Crippen LogP contribution < -0.4 is 11.1 Å². The van der Waals surface area contributed by atoms with Gasteiger partial charge in [0.25, 0.3) is 0 Å². The molecule has 0 heterocycles. The third kappa shape index (κ3) is 4.46. The molecule has 1 unspecified atom stereocenters. The number of carbonyl (C=O) groups is 1. The highest BCUT2D eigenvalue weighted by Crippen LogP contribution is 2.31. The molecule has 4 nitrogen and oxygen atoms in total. The van der Waals surface area contributed by atoms with Gasteiger partial charge in [0.05, 0.1) is 0 Å². The Bertz CT molecular complexity index is 469. The van der Waals surface area contributed by atoms with Crippen molar-refractivity contribution in [3.05, 3.63) is 35.4 Å². The normalized spacial score (nSPS) is 16.4. The Kier molecular flexibility index (Phi) is 4.88. The molecule has 0 bridgehead atoms. The fourth-order valence-corrected chi connectivity index (χ4v) is 2.90. The minimum atomic E-state index is -0.466. The topological polar surface area (TPSA) is 64.3 Å². The summed E-state index contributed by atoms with van der Waals surface area (Å²) in [6.07, 6.45) is 1.73. The van der Waals surface area contributed by atoms with E-state index in [4.69, 9.17) is 10.5 Å². The molecule has 0 fully saturated rings. The summed E-state index contributed by atoms with van der Waals surface area (Å²) in [6.45, 7) is 6.74. The molecule has 0 saturated heterocycles. The quantitative estimate of drug-likeness (QED) is 0.895. The summed E-state index contributed by atoms with van der Waals surface area (Å²) < 4.78 is 5.27. The number of hydrogen-bond acceptors (Lipinski definition) is 3. The van der Waals surface area contributed by atoms with E-state index in [-0.39, 0.29) is 12.0 Å². The Morgan fingerprint density at radius 2 is 1.90 bits per heavy atom. The van der Waals surface area contributed by atoms with Crippen LogP contribution in [-0.2, 0) is 17.6 Å². The molecule has 116 valence electrons. The van der Waals surface area contributed by atoms with Gasteiger partial charge in [-0.05, 0) is 63.1 Å². The SMILES string of the molecule is CC(C)(C)OC(=O)NCC(CN)C1Cc2ccccc2C1. The van der Waals surface area contributed by atoms with Crippen LogP contribution in [0.1, 0.15) is 31.9 Å². The fraction of sp³-hybridized carbons (Fsp3) is 0.588. The number of ether oxygens (including phenoxy) is 1. The molecule has 1 amide bonds. The summed E-state index contributed by atoms with van der Waals surface area (Å²) >= 11 is 0. The van der Waals surface area contributed by atoms with Crippen LogP contribution in [0.15, 0.2) is 24.3 Å². The number of alkyl carbamates (subject to hydrolysis) is 1. The maximum atomic E-state index is 11.7. The molecular formula is C17H26N2O2. The summed E-state index contributed by atoms with van der Waals surface area (Å²) in [5, 5.41) is 2.85. The Morgan fingerprint density at radius 3 is 2.38 bits per heavy atom. The second-order valence-electron chi connectivity index (χ2n) is 6.82. The lowest BCUT2D eigenvalue weighted by Gasteiger charge is -2.24. The minimum Gasteiger partial charge on any atom is -0.444 e. The van der Waals surface area contributed by atoms with Gasteiger partial charge in [-0.3, -0.25) is 0 Å². The zero-order chi connectivity index (χ0) is 15.5. The van der Waals surface area contributed by atoms with Gasteiger partial charge in [-0.25, -0.2) is 4.79 Å². The van der Waals surface area contributed by atoms with E-state index in [0.29, 0.717) is 19.0 Å². The van der Waals surface area contributed by atoms with Crippen molar-refractivity contribution in [3.8, 4) is 0 Å². The number of rotatable bonds is 4. The summed E-state index contributed by atoms with van der Waals surface area (Å²) in [5.41, 5.74) is 8.27. The van der Waals surface area contributed by atoms with E-state index in [1.165, 1.54) is 11.1 Å². The number of carbonyl (C=O) groups excluding carboxylic acids is 1. The van der Waals surface area contributed by atoms with Crippen molar-refractivity contribution in [2.75, 3.05) is 13.1 Å². The van der Waals surface area contributed by atoms with Crippen molar-refractivity contribution in [2.45, 2.75) is 39.2 Å². The van der Waals surface area contributed by atoms with Crippen LogP contribution in [0.4, 0.5) is 4.79 Å². The zero-order valence-electron chi connectivity index (χ0n) is 13.2. The van der Waals surface area contributed by atoms with Crippen LogP contribution in [-0.4, -0.2) is 24.8 Å². The van der Waals surface area contributed by atoms with Gasteiger partial charge in [0.15, 0.2) is 0 Å². The first kappa shape index (κ1) is 15.8. The standard InChI is InChI=1S/C17H26N2O2/c1-17(2,3)21-16(20)19-11-15(10-18)14-8-12-6-4-5-7-13(12)9-14/h4-7,14-15H,8-11,18H2,1-3H3,(H,19,20). The first-order valence-corrected chi connectivity index (χ1v) is 7.62. The highest BCUT2D eigenvalue weighted by molar-refractivity contribution is 5.67. The van der Waals surface area contributed by atoms with E-state index in [2.05, 4.69) is 29.6 Å². The summed E-state index contributed by atoms with van der Waals surface area (Å²) in [5.74, 6) is 0.784. The monoisotopic (exact) mass is 290 g/mol. The molecule has 2 rings (SSSR count). The Labute approximate surface area is 127 Å². The molecule has 0 spiro atoms. The van der Waals surface area contributed by atoms with Crippen molar-refractivity contribution in [1.29, 1.82) is 0 Å². The van der Waals surface area contributed by atoms with Gasteiger partial charge in [-0.1, -0.05) is 24.3 Å². The van der Waals surface area contributed by atoms with Gasteiger partial charge in [-0.2, -0.15) is 0 Å². The number of amides is 1. The van der Waals surface area contributed by atoms with Crippen molar-refractivity contribution in [2.24, 2.45) is 17.6 Å². The Morgan fingerprint density at radius 1 is 1.33 bits per heavy atom. The highest BCUT2D eigenvalue weighted by atomic mass is 16.6. The van der Waals surface area contributed by atoms with Gasteiger partial charge in [0.1, 0.15) is 5.60 Å². The average molecular weight is 290 g/mol. The lowest BCUT2D eigenvalue weighted by molar-refractivity contribution is 0.0514.